The van der Waals surface area contributed by atoms with Crippen molar-refractivity contribution in [2.24, 2.45) is 5.73 Å². The first kappa shape index (κ1) is 11.0. The van der Waals surface area contributed by atoms with Gasteiger partial charge in [0.15, 0.2) is 0 Å². The Balaban J connectivity index is 2.35. The molecule has 4 nitrogen and oxygen atoms in total. The van der Waals surface area contributed by atoms with Gasteiger partial charge in [-0.05, 0) is 23.9 Å². The van der Waals surface area contributed by atoms with Crippen molar-refractivity contribution < 1.29 is 0 Å². The van der Waals surface area contributed by atoms with Gasteiger partial charge in [-0.3, -0.25) is 4.79 Å². The minimum Gasteiger partial charge on any atom is -0.326 e. The molecule has 2 heterocycles. The van der Waals surface area contributed by atoms with Crippen LogP contribution < -0.4 is 11.3 Å². The van der Waals surface area contributed by atoms with E-state index < -0.39 is 0 Å². The van der Waals surface area contributed by atoms with Gasteiger partial charge in [0.2, 0.25) is 0 Å². The predicted octanol–water partition coefficient (Wildman–Crippen LogP) is 1.12. The van der Waals surface area contributed by atoms with Crippen LogP contribution in [-0.2, 0) is 13.1 Å². The van der Waals surface area contributed by atoms with Crippen molar-refractivity contribution in [2.75, 3.05) is 0 Å². The van der Waals surface area contributed by atoms with Crippen LogP contribution >= 0.6 is 11.3 Å². The molecule has 0 aliphatic heterocycles. The summed E-state index contributed by atoms with van der Waals surface area (Å²) in [5, 5.41) is 6.24. The van der Waals surface area contributed by atoms with Gasteiger partial charge in [0.1, 0.15) is 0 Å². The Kier molecular flexibility index (Phi) is 3.17. The van der Waals surface area contributed by atoms with Gasteiger partial charge in [0, 0.05) is 17.5 Å². The Morgan fingerprint density at radius 3 is 3.00 bits per heavy atom. The van der Waals surface area contributed by atoms with E-state index in [1.54, 1.807) is 17.4 Å². The van der Waals surface area contributed by atoms with Crippen molar-refractivity contribution in [3.05, 3.63) is 50.1 Å². The highest BCUT2D eigenvalue weighted by Crippen LogP contribution is 2.09. The molecule has 0 saturated carbocycles. The van der Waals surface area contributed by atoms with Crippen LogP contribution in [-0.4, -0.2) is 9.78 Å². The third-order valence-corrected chi connectivity index (χ3v) is 3.25. The Bertz CT molecular complexity index is 531. The molecule has 2 N–H and O–H groups in total. The molecule has 84 valence electrons. The molecule has 0 saturated heterocycles. The summed E-state index contributed by atoms with van der Waals surface area (Å²) in [5.41, 5.74) is 7.05. The summed E-state index contributed by atoms with van der Waals surface area (Å²) in [6.07, 6.45) is 0. The Labute approximate surface area is 97.3 Å². The van der Waals surface area contributed by atoms with Crippen molar-refractivity contribution in [2.45, 2.75) is 20.0 Å². The zero-order valence-electron chi connectivity index (χ0n) is 9.01. The highest BCUT2D eigenvalue weighted by atomic mass is 32.1. The summed E-state index contributed by atoms with van der Waals surface area (Å²) in [6, 6.07) is 5.52. The van der Waals surface area contributed by atoms with E-state index in [1.807, 2.05) is 24.4 Å². The standard InChI is InChI=1S/C11H13N3OS/c1-8-9(6-12)5-11(15)14(13-8)7-10-3-2-4-16-10/h2-5H,6-7,12H2,1H3. The Hall–Kier alpha value is -1.46. The van der Waals surface area contributed by atoms with E-state index in [2.05, 4.69) is 5.10 Å². The van der Waals surface area contributed by atoms with Gasteiger partial charge >= 0.3 is 0 Å². The van der Waals surface area contributed by atoms with Crippen LogP contribution in [0.2, 0.25) is 0 Å². The van der Waals surface area contributed by atoms with Gasteiger partial charge in [-0.2, -0.15) is 5.10 Å². The molecule has 0 atom stereocenters. The maximum Gasteiger partial charge on any atom is 0.267 e. The minimum atomic E-state index is -0.0977. The third-order valence-electron chi connectivity index (χ3n) is 2.39. The number of aryl methyl sites for hydroxylation is 1. The second-order valence-electron chi connectivity index (χ2n) is 3.53. The lowest BCUT2D eigenvalue weighted by Gasteiger charge is -2.06. The largest absolute Gasteiger partial charge is 0.326 e. The van der Waals surface area contributed by atoms with E-state index in [9.17, 15) is 4.79 Å². The molecule has 0 amide bonds. The lowest BCUT2D eigenvalue weighted by atomic mass is 10.2. The number of hydrogen-bond donors (Lipinski definition) is 1. The van der Waals surface area contributed by atoms with Crippen LogP contribution in [0.5, 0.6) is 0 Å². The smallest absolute Gasteiger partial charge is 0.267 e. The molecule has 0 aliphatic carbocycles. The zero-order chi connectivity index (χ0) is 11.5. The summed E-state index contributed by atoms with van der Waals surface area (Å²) in [6.45, 7) is 2.75. The van der Waals surface area contributed by atoms with Gasteiger partial charge in [-0.1, -0.05) is 6.07 Å². The number of nitrogens with two attached hydrogens (primary N) is 1. The number of nitrogens with zero attached hydrogens (tertiary/aromatic N) is 2. The fraction of sp³-hybridized carbons (Fsp3) is 0.273. The molecule has 2 aromatic heterocycles. The topological polar surface area (TPSA) is 60.9 Å². The van der Waals surface area contributed by atoms with E-state index in [0.717, 1.165) is 16.1 Å². The van der Waals surface area contributed by atoms with Crippen molar-refractivity contribution in [1.82, 2.24) is 9.78 Å². The Morgan fingerprint density at radius 1 is 1.56 bits per heavy atom. The van der Waals surface area contributed by atoms with Gasteiger partial charge in [0.25, 0.3) is 5.56 Å². The van der Waals surface area contributed by atoms with Crippen LogP contribution in [0.4, 0.5) is 0 Å². The van der Waals surface area contributed by atoms with Crippen LogP contribution in [0.15, 0.2) is 28.4 Å². The Morgan fingerprint density at radius 2 is 2.38 bits per heavy atom. The van der Waals surface area contributed by atoms with Gasteiger partial charge < -0.3 is 5.73 Å². The molecule has 0 unspecified atom stereocenters. The first-order chi connectivity index (χ1) is 7.70. The fourth-order valence-electron chi connectivity index (χ4n) is 1.49. The SMILES string of the molecule is Cc1nn(Cc2cccs2)c(=O)cc1CN. The van der Waals surface area contributed by atoms with Crippen molar-refractivity contribution >= 4 is 11.3 Å². The van der Waals surface area contributed by atoms with Crippen LogP contribution in [0.25, 0.3) is 0 Å². The number of aromatic nitrogens is 2. The number of hydrogen-bond acceptors (Lipinski definition) is 4. The van der Waals surface area contributed by atoms with Gasteiger partial charge in [-0.15, -0.1) is 11.3 Å². The van der Waals surface area contributed by atoms with Crippen molar-refractivity contribution in [1.29, 1.82) is 0 Å². The second-order valence-corrected chi connectivity index (χ2v) is 4.57. The predicted molar refractivity (Wildman–Crippen MR) is 64.5 cm³/mol. The molecule has 0 spiro atoms. The van der Waals surface area contributed by atoms with Crippen molar-refractivity contribution in [3.63, 3.8) is 0 Å². The van der Waals surface area contributed by atoms with Crippen molar-refractivity contribution in [3.8, 4) is 0 Å². The molecular weight excluding hydrogens is 222 g/mol. The van der Waals surface area contributed by atoms with Gasteiger partial charge in [0.05, 0.1) is 12.2 Å². The molecule has 0 aromatic carbocycles. The molecule has 0 radical (unpaired) electrons. The van der Waals surface area contributed by atoms with Crippen LogP contribution in [0.1, 0.15) is 16.1 Å². The summed E-state index contributed by atoms with van der Waals surface area (Å²) < 4.78 is 1.47. The third kappa shape index (κ3) is 2.20. The van der Waals surface area contributed by atoms with E-state index in [4.69, 9.17) is 5.73 Å². The zero-order valence-corrected chi connectivity index (χ0v) is 9.83. The average molecular weight is 235 g/mol. The van der Waals surface area contributed by atoms with E-state index in [0.29, 0.717) is 13.1 Å². The van der Waals surface area contributed by atoms with E-state index >= 15 is 0 Å². The average Bonchev–Trinajstić information content (AvgIpc) is 2.75. The summed E-state index contributed by atoms with van der Waals surface area (Å²) in [7, 11) is 0. The number of rotatable bonds is 3. The van der Waals surface area contributed by atoms with Gasteiger partial charge in [-0.25, -0.2) is 4.68 Å². The molecule has 16 heavy (non-hydrogen) atoms. The molecule has 2 aromatic rings. The van der Waals surface area contributed by atoms with E-state index in [1.165, 1.54) is 4.68 Å². The summed E-state index contributed by atoms with van der Waals surface area (Å²) in [5.74, 6) is 0. The monoisotopic (exact) mass is 235 g/mol. The normalized spacial score (nSPS) is 10.6. The summed E-state index contributed by atoms with van der Waals surface area (Å²) >= 11 is 1.62. The molecule has 2 rings (SSSR count). The minimum absolute atomic E-state index is 0.0977. The lowest BCUT2D eigenvalue weighted by molar-refractivity contribution is 0.627. The summed E-state index contributed by atoms with van der Waals surface area (Å²) in [4.78, 5) is 12.8. The fourth-order valence-corrected chi connectivity index (χ4v) is 2.18. The van der Waals surface area contributed by atoms with E-state index in [-0.39, 0.29) is 5.56 Å². The van der Waals surface area contributed by atoms with Crippen LogP contribution in [0.3, 0.4) is 0 Å². The highest BCUT2D eigenvalue weighted by molar-refractivity contribution is 7.09. The first-order valence-electron chi connectivity index (χ1n) is 5.01. The number of thiophene rings is 1. The maximum atomic E-state index is 11.7. The molecule has 5 heteroatoms. The molecule has 0 fully saturated rings. The molecular formula is C11H13N3OS. The lowest BCUT2D eigenvalue weighted by Crippen LogP contribution is -2.25. The maximum absolute atomic E-state index is 11.7. The second kappa shape index (κ2) is 4.59. The molecule has 0 aliphatic rings. The quantitative estimate of drug-likeness (QED) is 0.867. The molecule has 0 bridgehead atoms. The van der Waals surface area contributed by atoms with Crippen LogP contribution in [0, 0.1) is 6.92 Å². The first-order valence-corrected chi connectivity index (χ1v) is 5.89. The highest BCUT2D eigenvalue weighted by Gasteiger charge is 2.04.